The van der Waals surface area contributed by atoms with Crippen molar-refractivity contribution in [3.63, 3.8) is 0 Å². The standard InChI is InChI=1S/C18H19ClN2O3S/c19-15-5-3-12(4-6-15)16(14-7-9-25-11-14)20-18(24)21-8-1-2-13(10-21)17(22)23/h3-7,9,11,13,16H,1-2,8,10H2,(H,20,24)(H,22,23). The van der Waals surface area contributed by atoms with Crippen molar-refractivity contribution in [2.45, 2.75) is 18.9 Å². The van der Waals surface area contributed by atoms with Gasteiger partial charge in [-0.1, -0.05) is 23.7 Å². The Kier molecular flexibility index (Phi) is 5.60. The zero-order valence-corrected chi connectivity index (χ0v) is 15.1. The van der Waals surface area contributed by atoms with Gasteiger partial charge in [-0.05, 0) is 52.9 Å². The maximum atomic E-state index is 12.7. The van der Waals surface area contributed by atoms with Crippen LogP contribution in [0.5, 0.6) is 0 Å². The van der Waals surface area contributed by atoms with Gasteiger partial charge in [0.1, 0.15) is 0 Å². The van der Waals surface area contributed by atoms with E-state index in [-0.39, 0.29) is 18.6 Å². The quantitative estimate of drug-likeness (QED) is 0.844. The van der Waals surface area contributed by atoms with Crippen LogP contribution >= 0.6 is 22.9 Å². The van der Waals surface area contributed by atoms with Crippen LogP contribution in [-0.4, -0.2) is 35.1 Å². The third-order valence-electron chi connectivity index (χ3n) is 4.41. The summed E-state index contributed by atoms with van der Waals surface area (Å²) in [4.78, 5) is 25.5. The van der Waals surface area contributed by atoms with Crippen molar-refractivity contribution in [3.05, 3.63) is 57.2 Å². The zero-order chi connectivity index (χ0) is 17.8. The molecule has 0 bridgehead atoms. The normalized spacial score (nSPS) is 18.6. The number of likely N-dealkylation sites (tertiary alicyclic amines) is 1. The summed E-state index contributed by atoms with van der Waals surface area (Å²) in [5, 5.41) is 16.8. The predicted molar refractivity (Wildman–Crippen MR) is 98.1 cm³/mol. The fourth-order valence-electron chi connectivity index (χ4n) is 3.03. The Labute approximate surface area is 155 Å². The number of amides is 2. The van der Waals surface area contributed by atoms with Crippen molar-refractivity contribution in [2.75, 3.05) is 13.1 Å². The Balaban J connectivity index is 1.77. The Bertz CT molecular complexity index is 733. The van der Waals surface area contributed by atoms with Crippen LogP contribution < -0.4 is 5.32 Å². The smallest absolute Gasteiger partial charge is 0.318 e. The number of hydrogen-bond donors (Lipinski definition) is 2. The molecule has 2 amide bonds. The van der Waals surface area contributed by atoms with Crippen LogP contribution in [0.2, 0.25) is 5.02 Å². The van der Waals surface area contributed by atoms with Gasteiger partial charge in [-0.15, -0.1) is 0 Å². The molecular weight excluding hydrogens is 360 g/mol. The highest BCUT2D eigenvalue weighted by Gasteiger charge is 2.29. The molecule has 25 heavy (non-hydrogen) atoms. The summed E-state index contributed by atoms with van der Waals surface area (Å²) in [5.41, 5.74) is 1.93. The molecule has 1 aromatic heterocycles. The number of thiophene rings is 1. The molecule has 1 aliphatic heterocycles. The molecule has 1 aliphatic rings. The highest BCUT2D eigenvalue weighted by molar-refractivity contribution is 7.08. The number of carbonyl (C=O) groups is 2. The molecule has 7 heteroatoms. The van der Waals surface area contributed by atoms with Gasteiger partial charge in [-0.25, -0.2) is 4.79 Å². The van der Waals surface area contributed by atoms with E-state index in [0.717, 1.165) is 11.1 Å². The monoisotopic (exact) mass is 378 g/mol. The molecule has 2 atom stereocenters. The molecule has 0 aliphatic carbocycles. The minimum absolute atomic E-state index is 0.239. The molecule has 1 fully saturated rings. The second-order valence-electron chi connectivity index (χ2n) is 6.11. The molecular formula is C18H19ClN2O3S. The first kappa shape index (κ1) is 17.8. The number of carboxylic acids is 1. The first-order chi connectivity index (χ1) is 12.0. The summed E-state index contributed by atoms with van der Waals surface area (Å²) in [6, 6.07) is 8.81. The molecule has 1 aromatic carbocycles. The van der Waals surface area contributed by atoms with E-state index in [0.29, 0.717) is 24.4 Å². The minimum Gasteiger partial charge on any atom is -0.481 e. The molecule has 0 saturated carbocycles. The summed E-state index contributed by atoms with van der Waals surface area (Å²) in [5.74, 6) is -1.33. The zero-order valence-electron chi connectivity index (χ0n) is 13.5. The number of aliphatic carboxylic acids is 1. The molecule has 0 spiro atoms. The van der Waals surface area contributed by atoms with E-state index >= 15 is 0 Å². The molecule has 0 radical (unpaired) electrons. The Morgan fingerprint density at radius 1 is 1.24 bits per heavy atom. The average molecular weight is 379 g/mol. The number of nitrogens with zero attached hydrogens (tertiary/aromatic N) is 1. The summed E-state index contributed by atoms with van der Waals surface area (Å²) >= 11 is 7.53. The Morgan fingerprint density at radius 2 is 2.00 bits per heavy atom. The number of halogens is 1. The van der Waals surface area contributed by atoms with Gasteiger partial charge < -0.3 is 15.3 Å². The van der Waals surface area contributed by atoms with Crippen molar-refractivity contribution < 1.29 is 14.7 Å². The highest BCUT2D eigenvalue weighted by atomic mass is 35.5. The fraction of sp³-hybridized carbons (Fsp3) is 0.333. The molecule has 3 rings (SSSR count). The Hall–Kier alpha value is -2.05. The first-order valence-electron chi connectivity index (χ1n) is 8.10. The van der Waals surface area contributed by atoms with Gasteiger partial charge in [0, 0.05) is 18.1 Å². The van der Waals surface area contributed by atoms with Gasteiger partial charge in [0.2, 0.25) is 0 Å². The van der Waals surface area contributed by atoms with Gasteiger partial charge in [0.05, 0.1) is 12.0 Å². The van der Waals surface area contributed by atoms with Gasteiger partial charge in [-0.3, -0.25) is 4.79 Å². The number of hydrogen-bond acceptors (Lipinski definition) is 3. The van der Waals surface area contributed by atoms with E-state index in [1.807, 2.05) is 29.0 Å². The third kappa shape index (κ3) is 4.32. The lowest BCUT2D eigenvalue weighted by atomic mass is 9.98. The average Bonchev–Trinajstić information content (AvgIpc) is 3.15. The molecule has 5 nitrogen and oxygen atoms in total. The van der Waals surface area contributed by atoms with Crippen LogP contribution in [0.1, 0.15) is 30.0 Å². The van der Waals surface area contributed by atoms with Gasteiger partial charge in [0.15, 0.2) is 0 Å². The lowest BCUT2D eigenvalue weighted by molar-refractivity contribution is -0.143. The fourth-order valence-corrected chi connectivity index (χ4v) is 3.84. The lowest BCUT2D eigenvalue weighted by Crippen LogP contribution is -2.48. The second kappa shape index (κ2) is 7.89. The lowest BCUT2D eigenvalue weighted by Gasteiger charge is -2.32. The minimum atomic E-state index is -0.843. The predicted octanol–water partition coefficient (Wildman–Crippen LogP) is 4.00. The van der Waals surface area contributed by atoms with Crippen LogP contribution in [0.3, 0.4) is 0 Å². The summed E-state index contributed by atoms with van der Waals surface area (Å²) in [6.07, 6.45) is 1.32. The van der Waals surface area contributed by atoms with Gasteiger partial charge in [0.25, 0.3) is 0 Å². The van der Waals surface area contributed by atoms with E-state index in [1.54, 1.807) is 28.4 Å². The number of benzene rings is 1. The number of nitrogens with one attached hydrogen (secondary N) is 1. The topological polar surface area (TPSA) is 69.6 Å². The van der Waals surface area contributed by atoms with E-state index in [9.17, 15) is 14.7 Å². The molecule has 2 heterocycles. The van der Waals surface area contributed by atoms with Crippen LogP contribution in [-0.2, 0) is 4.79 Å². The second-order valence-corrected chi connectivity index (χ2v) is 7.33. The summed E-state index contributed by atoms with van der Waals surface area (Å²) < 4.78 is 0. The number of piperidine rings is 1. The first-order valence-corrected chi connectivity index (χ1v) is 9.42. The maximum absolute atomic E-state index is 12.7. The third-order valence-corrected chi connectivity index (χ3v) is 5.36. The van der Waals surface area contributed by atoms with Gasteiger partial charge >= 0.3 is 12.0 Å². The van der Waals surface area contributed by atoms with Crippen molar-refractivity contribution in [2.24, 2.45) is 5.92 Å². The summed E-state index contributed by atoms with van der Waals surface area (Å²) in [6.45, 7) is 0.824. The molecule has 2 N–H and O–H groups in total. The van der Waals surface area contributed by atoms with Crippen molar-refractivity contribution in [1.29, 1.82) is 0 Å². The molecule has 2 aromatic rings. The van der Waals surface area contributed by atoms with E-state index < -0.39 is 11.9 Å². The highest BCUT2D eigenvalue weighted by Crippen LogP contribution is 2.26. The molecule has 2 unspecified atom stereocenters. The number of urea groups is 1. The Morgan fingerprint density at radius 3 is 2.64 bits per heavy atom. The number of carboxylic acid groups (broad SMARTS) is 1. The van der Waals surface area contributed by atoms with Crippen molar-refractivity contribution in [1.82, 2.24) is 10.2 Å². The number of rotatable bonds is 4. The number of carbonyl (C=O) groups excluding carboxylic acids is 1. The van der Waals surface area contributed by atoms with E-state index in [4.69, 9.17) is 11.6 Å². The van der Waals surface area contributed by atoms with Crippen LogP contribution in [0.15, 0.2) is 41.1 Å². The van der Waals surface area contributed by atoms with Crippen LogP contribution in [0.4, 0.5) is 4.79 Å². The van der Waals surface area contributed by atoms with Crippen LogP contribution in [0, 0.1) is 5.92 Å². The van der Waals surface area contributed by atoms with Gasteiger partial charge in [-0.2, -0.15) is 11.3 Å². The maximum Gasteiger partial charge on any atom is 0.318 e. The SMILES string of the molecule is O=C(O)C1CCCN(C(=O)NC(c2ccc(Cl)cc2)c2ccsc2)C1. The molecule has 132 valence electrons. The van der Waals surface area contributed by atoms with Crippen LogP contribution in [0.25, 0.3) is 0 Å². The molecule has 1 saturated heterocycles. The van der Waals surface area contributed by atoms with Crippen molar-refractivity contribution in [3.8, 4) is 0 Å². The summed E-state index contributed by atoms with van der Waals surface area (Å²) in [7, 11) is 0. The largest absolute Gasteiger partial charge is 0.481 e. The van der Waals surface area contributed by atoms with Crippen molar-refractivity contribution >= 4 is 34.9 Å². The van der Waals surface area contributed by atoms with E-state index in [2.05, 4.69) is 5.32 Å². The van der Waals surface area contributed by atoms with E-state index in [1.165, 1.54) is 0 Å².